The van der Waals surface area contributed by atoms with Crippen molar-refractivity contribution in [2.24, 2.45) is 0 Å². The van der Waals surface area contributed by atoms with Crippen molar-refractivity contribution in [3.63, 3.8) is 0 Å². The molecule has 0 amide bonds. The summed E-state index contributed by atoms with van der Waals surface area (Å²) in [7, 11) is 3.10. The molecule has 1 aromatic heterocycles. The molecule has 0 saturated carbocycles. The van der Waals surface area contributed by atoms with Crippen LogP contribution in [0.4, 0.5) is 18.3 Å². The Bertz CT molecular complexity index is 360. The molecule has 1 unspecified atom stereocenters. The first kappa shape index (κ1) is 14.5. The van der Waals surface area contributed by atoms with Crippen LogP contribution in [-0.2, 0) is 10.9 Å². The van der Waals surface area contributed by atoms with E-state index in [0.29, 0.717) is 24.5 Å². The Labute approximate surface area is 105 Å². The molecule has 1 atom stereocenters. The van der Waals surface area contributed by atoms with Gasteiger partial charge in [0.05, 0.1) is 12.0 Å². The van der Waals surface area contributed by atoms with Gasteiger partial charge in [0.1, 0.15) is 0 Å². The highest BCUT2D eigenvalue weighted by molar-refractivity contribution is 7.15. The highest BCUT2D eigenvalue weighted by Crippen LogP contribution is 2.34. The third-order valence-corrected chi connectivity index (χ3v) is 3.15. The van der Waals surface area contributed by atoms with E-state index in [2.05, 4.69) is 10.2 Å². The molecule has 1 rings (SSSR count). The van der Waals surface area contributed by atoms with Crippen LogP contribution in [0.2, 0.25) is 0 Å². The van der Waals surface area contributed by atoms with Crippen LogP contribution in [0.15, 0.2) is 0 Å². The third kappa shape index (κ3) is 4.29. The van der Waals surface area contributed by atoms with Gasteiger partial charge in [-0.25, -0.2) is 0 Å². The van der Waals surface area contributed by atoms with E-state index in [9.17, 15) is 13.2 Å². The summed E-state index contributed by atoms with van der Waals surface area (Å²) in [6, 6.07) is 0. The number of hydrogen-bond acceptors (Lipinski definition) is 5. The first-order valence-corrected chi connectivity index (χ1v) is 5.84. The quantitative estimate of drug-likeness (QED) is 0.779. The number of aromatic nitrogens is 2. The van der Waals surface area contributed by atoms with Crippen LogP contribution in [0, 0.1) is 0 Å². The molecule has 0 spiro atoms. The lowest BCUT2D eigenvalue weighted by atomic mass is 10.4. The topological polar surface area (TPSA) is 38.2 Å². The van der Waals surface area contributed by atoms with Crippen LogP contribution in [0.3, 0.4) is 0 Å². The molecule has 0 bridgehead atoms. The number of halogens is 4. The van der Waals surface area contributed by atoms with Gasteiger partial charge < -0.3 is 9.64 Å². The van der Waals surface area contributed by atoms with Crippen LogP contribution in [0.5, 0.6) is 0 Å². The Balaban J connectivity index is 2.64. The summed E-state index contributed by atoms with van der Waals surface area (Å²) in [5.41, 5.74) is 0. The van der Waals surface area contributed by atoms with Gasteiger partial charge in [0, 0.05) is 20.7 Å². The van der Waals surface area contributed by atoms with Crippen LogP contribution in [0.1, 0.15) is 5.01 Å². The van der Waals surface area contributed by atoms with Crippen molar-refractivity contribution >= 4 is 28.1 Å². The summed E-state index contributed by atoms with van der Waals surface area (Å²) < 4.78 is 41.7. The van der Waals surface area contributed by atoms with E-state index in [4.69, 9.17) is 16.3 Å². The van der Waals surface area contributed by atoms with Gasteiger partial charge in [-0.15, -0.1) is 21.8 Å². The molecule has 9 heteroatoms. The van der Waals surface area contributed by atoms with Gasteiger partial charge in [0.15, 0.2) is 0 Å². The molecule has 0 aliphatic rings. The number of rotatable bonds is 5. The van der Waals surface area contributed by atoms with E-state index in [-0.39, 0.29) is 10.5 Å². The molecule has 98 valence electrons. The van der Waals surface area contributed by atoms with Gasteiger partial charge in [-0.3, -0.25) is 0 Å². The monoisotopic (exact) mass is 289 g/mol. The van der Waals surface area contributed by atoms with Gasteiger partial charge in [0.2, 0.25) is 10.1 Å². The molecular formula is C8H11ClF3N3OS. The van der Waals surface area contributed by atoms with E-state index >= 15 is 0 Å². The fourth-order valence-electron chi connectivity index (χ4n) is 1.09. The highest BCUT2D eigenvalue weighted by atomic mass is 35.5. The summed E-state index contributed by atoms with van der Waals surface area (Å²) in [4.78, 5) is 1.52. The zero-order valence-electron chi connectivity index (χ0n) is 9.16. The van der Waals surface area contributed by atoms with Crippen molar-refractivity contribution in [1.29, 1.82) is 0 Å². The average Bonchev–Trinajstić information content (AvgIpc) is 2.65. The van der Waals surface area contributed by atoms with Crippen molar-refractivity contribution < 1.29 is 17.9 Å². The molecule has 0 N–H and O–H groups in total. The lowest BCUT2D eigenvalue weighted by Crippen LogP contribution is -2.28. The Kier molecular flexibility index (Phi) is 4.96. The van der Waals surface area contributed by atoms with Crippen LogP contribution < -0.4 is 4.90 Å². The predicted octanol–water partition coefficient (Wildman–Crippen LogP) is 2.25. The number of ether oxygens (including phenoxy) is 1. The summed E-state index contributed by atoms with van der Waals surface area (Å²) in [5.74, 6) is 0. The number of methoxy groups -OCH3 is 1. The minimum atomic E-state index is -4.45. The molecule has 0 fully saturated rings. The van der Waals surface area contributed by atoms with E-state index in [1.54, 1.807) is 7.05 Å². The first-order valence-electron chi connectivity index (χ1n) is 4.59. The molecular weight excluding hydrogens is 279 g/mol. The fraction of sp³-hybridized carbons (Fsp3) is 0.750. The summed E-state index contributed by atoms with van der Waals surface area (Å²) in [6.45, 7) is 0.652. The maximum absolute atomic E-state index is 12.3. The second-order valence-electron chi connectivity index (χ2n) is 3.32. The smallest absolute Gasteiger partial charge is 0.383 e. The van der Waals surface area contributed by atoms with Gasteiger partial charge in [-0.2, -0.15) is 13.2 Å². The lowest BCUT2D eigenvalue weighted by Gasteiger charge is -2.18. The number of anilines is 1. The van der Waals surface area contributed by atoms with Crippen LogP contribution in [-0.4, -0.2) is 42.9 Å². The summed E-state index contributed by atoms with van der Waals surface area (Å²) >= 11 is 6.38. The zero-order chi connectivity index (χ0) is 13.1. The van der Waals surface area contributed by atoms with Crippen LogP contribution in [0.25, 0.3) is 0 Å². The Morgan fingerprint density at radius 3 is 2.59 bits per heavy atom. The van der Waals surface area contributed by atoms with E-state index in [0.717, 1.165) is 0 Å². The maximum atomic E-state index is 12.3. The molecule has 0 aliphatic carbocycles. The highest BCUT2D eigenvalue weighted by Gasteiger charge is 2.36. The lowest BCUT2D eigenvalue weighted by molar-refractivity contribution is -0.138. The van der Waals surface area contributed by atoms with E-state index in [1.807, 2.05) is 0 Å². The number of nitrogens with zero attached hydrogens (tertiary/aromatic N) is 3. The van der Waals surface area contributed by atoms with Crippen molar-refractivity contribution in [1.82, 2.24) is 10.2 Å². The maximum Gasteiger partial charge on any atom is 0.445 e. The number of hydrogen-bond donors (Lipinski definition) is 0. The Morgan fingerprint density at radius 1 is 1.47 bits per heavy atom. The molecule has 1 aromatic rings. The van der Waals surface area contributed by atoms with E-state index < -0.39 is 11.2 Å². The second kappa shape index (κ2) is 5.83. The van der Waals surface area contributed by atoms with Crippen molar-refractivity contribution in [2.45, 2.75) is 11.6 Å². The molecule has 0 radical (unpaired) electrons. The Hall–Kier alpha value is -0.600. The largest absolute Gasteiger partial charge is 0.445 e. The molecule has 1 heterocycles. The van der Waals surface area contributed by atoms with Crippen molar-refractivity contribution in [2.75, 3.05) is 32.2 Å². The average molecular weight is 290 g/mol. The van der Waals surface area contributed by atoms with Crippen molar-refractivity contribution in [3.8, 4) is 0 Å². The predicted molar refractivity (Wildman–Crippen MR) is 59.7 cm³/mol. The standard InChI is InChI=1S/C8H11ClF3N3OS/c1-15(3-5(9)4-16-2)7-14-13-6(17-7)8(10,11)12/h5H,3-4H2,1-2H3. The minimum Gasteiger partial charge on any atom is -0.383 e. The summed E-state index contributed by atoms with van der Waals surface area (Å²) in [6.07, 6.45) is -4.45. The van der Waals surface area contributed by atoms with Gasteiger partial charge in [-0.1, -0.05) is 11.3 Å². The minimum absolute atomic E-state index is 0.180. The van der Waals surface area contributed by atoms with Crippen LogP contribution >= 0.6 is 22.9 Å². The second-order valence-corrected chi connectivity index (χ2v) is 4.89. The molecule has 0 aliphatic heterocycles. The summed E-state index contributed by atoms with van der Waals surface area (Å²) in [5, 5.41) is 5.46. The van der Waals surface area contributed by atoms with E-state index in [1.165, 1.54) is 12.0 Å². The van der Waals surface area contributed by atoms with Gasteiger partial charge in [-0.05, 0) is 0 Å². The zero-order valence-corrected chi connectivity index (χ0v) is 10.7. The Morgan fingerprint density at radius 2 is 2.12 bits per heavy atom. The fourth-order valence-corrected chi connectivity index (χ4v) is 2.11. The normalized spacial score (nSPS) is 13.8. The molecule has 0 aromatic carbocycles. The molecule has 0 saturated heterocycles. The van der Waals surface area contributed by atoms with Gasteiger partial charge in [0.25, 0.3) is 0 Å². The molecule has 4 nitrogen and oxygen atoms in total. The van der Waals surface area contributed by atoms with Crippen molar-refractivity contribution in [3.05, 3.63) is 5.01 Å². The van der Waals surface area contributed by atoms with Gasteiger partial charge >= 0.3 is 6.18 Å². The molecule has 17 heavy (non-hydrogen) atoms. The first-order chi connectivity index (χ1) is 7.84. The SMILES string of the molecule is COCC(Cl)CN(C)c1nnc(C(F)(F)F)s1. The third-order valence-electron chi connectivity index (χ3n) is 1.80. The number of alkyl halides is 4.